The first-order chi connectivity index (χ1) is 10.4. The fourth-order valence-electron chi connectivity index (χ4n) is 3.00. The normalized spacial score (nSPS) is 23.5. The van der Waals surface area contributed by atoms with E-state index in [1.54, 1.807) is 23.1 Å². The summed E-state index contributed by atoms with van der Waals surface area (Å²) in [5.41, 5.74) is 0.613. The molecule has 1 aromatic carbocycles. The van der Waals surface area contributed by atoms with Gasteiger partial charge in [0.05, 0.1) is 17.9 Å². The monoisotopic (exact) mass is 361 g/mol. The Hall–Kier alpha value is -0.780. The Bertz CT molecular complexity index is 680. The van der Waals surface area contributed by atoms with Gasteiger partial charge in [0, 0.05) is 22.1 Å². The maximum absolute atomic E-state index is 12.7. The molecule has 1 amide bonds. The number of carbonyl (C=O) groups is 1. The van der Waals surface area contributed by atoms with Gasteiger partial charge in [-0.25, -0.2) is 8.42 Å². The van der Waals surface area contributed by atoms with Crippen molar-refractivity contribution in [3.63, 3.8) is 0 Å². The van der Waals surface area contributed by atoms with E-state index in [4.69, 9.17) is 23.2 Å². The standard InChI is InChI=1S/C15H17Cl2NO3S/c16-13-2-1-3-14(17)12(13)8-15(19)18(10-4-5-10)11-6-7-22(20,21)9-11/h1-3,10-11H,4-9H2. The van der Waals surface area contributed by atoms with Gasteiger partial charge >= 0.3 is 0 Å². The third-order valence-electron chi connectivity index (χ3n) is 4.22. The maximum atomic E-state index is 12.7. The molecular weight excluding hydrogens is 345 g/mol. The highest BCUT2D eigenvalue weighted by Gasteiger charge is 2.42. The molecule has 3 rings (SSSR count). The smallest absolute Gasteiger partial charge is 0.227 e. The summed E-state index contributed by atoms with van der Waals surface area (Å²) in [6, 6.07) is 5.12. The zero-order valence-corrected chi connectivity index (χ0v) is 14.3. The van der Waals surface area contributed by atoms with Gasteiger partial charge in [0.15, 0.2) is 9.84 Å². The first kappa shape index (κ1) is 16.1. The van der Waals surface area contributed by atoms with Gasteiger partial charge in [0.1, 0.15) is 0 Å². The number of carbonyl (C=O) groups excluding carboxylic acids is 1. The van der Waals surface area contributed by atoms with Gasteiger partial charge in [-0.3, -0.25) is 4.79 Å². The Labute approximate surface area is 140 Å². The molecule has 0 aromatic heterocycles. The second kappa shape index (κ2) is 6.02. The number of benzene rings is 1. The van der Waals surface area contributed by atoms with Gasteiger partial charge in [-0.05, 0) is 37.0 Å². The number of amides is 1. The largest absolute Gasteiger partial charge is 0.335 e. The van der Waals surface area contributed by atoms with Crippen LogP contribution in [0.4, 0.5) is 0 Å². The van der Waals surface area contributed by atoms with E-state index in [0.29, 0.717) is 22.0 Å². The minimum Gasteiger partial charge on any atom is -0.335 e. The van der Waals surface area contributed by atoms with Crippen molar-refractivity contribution in [2.45, 2.75) is 37.8 Å². The molecule has 1 aromatic rings. The number of hydrogen-bond acceptors (Lipinski definition) is 3. The lowest BCUT2D eigenvalue weighted by Gasteiger charge is -2.28. The lowest BCUT2D eigenvalue weighted by Crippen LogP contribution is -2.43. The molecule has 2 fully saturated rings. The van der Waals surface area contributed by atoms with Gasteiger partial charge < -0.3 is 4.90 Å². The lowest BCUT2D eigenvalue weighted by molar-refractivity contribution is -0.133. The molecule has 1 saturated heterocycles. The Morgan fingerprint density at radius 3 is 2.27 bits per heavy atom. The van der Waals surface area contributed by atoms with Crippen molar-refractivity contribution >= 4 is 38.9 Å². The van der Waals surface area contributed by atoms with Crippen molar-refractivity contribution in [1.29, 1.82) is 0 Å². The van der Waals surface area contributed by atoms with E-state index in [1.165, 1.54) is 0 Å². The summed E-state index contributed by atoms with van der Waals surface area (Å²) in [6.45, 7) is 0. The Morgan fingerprint density at radius 1 is 1.14 bits per heavy atom. The first-order valence-corrected chi connectivity index (χ1v) is 9.89. The molecule has 1 saturated carbocycles. The molecule has 0 N–H and O–H groups in total. The van der Waals surface area contributed by atoms with Crippen molar-refractivity contribution in [2.24, 2.45) is 0 Å². The van der Waals surface area contributed by atoms with Crippen molar-refractivity contribution in [1.82, 2.24) is 4.90 Å². The van der Waals surface area contributed by atoms with Crippen LogP contribution in [-0.4, -0.2) is 42.8 Å². The van der Waals surface area contributed by atoms with Crippen molar-refractivity contribution in [3.8, 4) is 0 Å². The molecule has 120 valence electrons. The molecule has 22 heavy (non-hydrogen) atoms. The molecule has 0 bridgehead atoms. The summed E-state index contributed by atoms with van der Waals surface area (Å²) >= 11 is 12.3. The first-order valence-electron chi connectivity index (χ1n) is 7.32. The van der Waals surface area contributed by atoms with Gasteiger partial charge in [-0.15, -0.1) is 0 Å². The average Bonchev–Trinajstić information content (AvgIpc) is 3.19. The quantitative estimate of drug-likeness (QED) is 0.828. The number of hydrogen-bond donors (Lipinski definition) is 0. The van der Waals surface area contributed by atoms with E-state index in [9.17, 15) is 13.2 Å². The second-order valence-corrected chi connectivity index (χ2v) is 9.01. The minimum absolute atomic E-state index is 0.0749. The minimum atomic E-state index is -3.01. The van der Waals surface area contributed by atoms with Gasteiger partial charge in [-0.2, -0.15) is 0 Å². The van der Waals surface area contributed by atoms with Crippen LogP contribution in [0.25, 0.3) is 0 Å². The summed E-state index contributed by atoms with van der Waals surface area (Å²) in [5, 5.41) is 0.936. The van der Waals surface area contributed by atoms with Crippen LogP contribution in [0.3, 0.4) is 0 Å². The fourth-order valence-corrected chi connectivity index (χ4v) is 5.24. The Morgan fingerprint density at radius 2 is 1.77 bits per heavy atom. The van der Waals surface area contributed by atoms with E-state index in [1.807, 2.05) is 0 Å². The highest BCUT2D eigenvalue weighted by molar-refractivity contribution is 7.91. The zero-order chi connectivity index (χ0) is 15.9. The molecule has 1 unspecified atom stereocenters. The molecular formula is C15H17Cl2NO3S. The van der Waals surface area contributed by atoms with Crippen LogP contribution in [0.1, 0.15) is 24.8 Å². The number of sulfone groups is 1. The lowest BCUT2D eigenvalue weighted by atomic mass is 10.1. The van der Waals surface area contributed by atoms with E-state index in [-0.39, 0.29) is 35.9 Å². The molecule has 1 atom stereocenters. The second-order valence-electron chi connectivity index (χ2n) is 5.97. The molecule has 0 radical (unpaired) electrons. The van der Waals surface area contributed by atoms with E-state index in [0.717, 1.165) is 12.8 Å². The van der Waals surface area contributed by atoms with Gasteiger partial charge in [0.25, 0.3) is 0 Å². The van der Waals surface area contributed by atoms with Crippen molar-refractivity contribution < 1.29 is 13.2 Å². The molecule has 2 aliphatic rings. The van der Waals surface area contributed by atoms with Gasteiger partial charge in [0.2, 0.25) is 5.91 Å². The molecule has 0 spiro atoms. The average molecular weight is 362 g/mol. The summed E-state index contributed by atoms with van der Waals surface area (Å²) in [7, 11) is -3.01. The summed E-state index contributed by atoms with van der Waals surface area (Å²) in [6.07, 6.45) is 2.53. The predicted molar refractivity (Wildman–Crippen MR) is 87.1 cm³/mol. The topological polar surface area (TPSA) is 54.5 Å². The summed E-state index contributed by atoms with van der Waals surface area (Å²) in [5.74, 6) is 0.159. The van der Waals surface area contributed by atoms with E-state index in [2.05, 4.69) is 0 Å². The molecule has 1 heterocycles. The third kappa shape index (κ3) is 3.42. The van der Waals surface area contributed by atoms with E-state index < -0.39 is 9.84 Å². The molecule has 1 aliphatic carbocycles. The summed E-state index contributed by atoms with van der Waals surface area (Å²) < 4.78 is 23.4. The Kier molecular flexibility index (Phi) is 4.40. The highest BCUT2D eigenvalue weighted by atomic mass is 35.5. The van der Waals surface area contributed by atoms with Crippen LogP contribution < -0.4 is 0 Å². The molecule has 4 nitrogen and oxygen atoms in total. The van der Waals surface area contributed by atoms with Crippen LogP contribution >= 0.6 is 23.2 Å². The van der Waals surface area contributed by atoms with Crippen LogP contribution in [0.15, 0.2) is 18.2 Å². The fraction of sp³-hybridized carbons (Fsp3) is 0.533. The van der Waals surface area contributed by atoms with Crippen LogP contribution in [0.2, 0.25) is 10.0 Å². The molecule has 7 heteroatoms. The van der Waals surface area contributed by atoms with Gasteiger partial charge in [-0.1, -0.05) is 29.3 Å². The zero-order valence-electron chi connectivity index (χ0n) is 12.0. The Balaban J connectivity index is 1.79. The SMILES string of the molecule is O=C(Cc1c(Cl)cccc1Cl)N(C1CC1)C1CCS(=O)(=O)C1. The summed E-state index contributed by atoms with van der Waals surface area (Å²) in [4.78, 5) is 14.5. The maximum Gasteiger partial charge on any atom is 0.227 e. The molecule has 1 aliphatic heterocycles. The highest BCUT2D eigenvalue weighted by Crippen LogP contribution is 2.34. The predicted octanol–water partition coefficient (Wildman–Crippen LogP) is 2.71. The third-order valence-corrected chi connectivity index (χ3v) is 6.68. The van der Waals surface area contributed by atoms with Crippen LogP contribution in [0, 0.1) is 0 Å². The number of nitrogens with zero attached hydrogens (tertiary/aromatic N) is 1. The van der Waals surface area contributed by atoms with Crippen LogP contribution in [-0.2, 0) is 21.1 Å². The van der Waals surface area contributed by atoms with Crippen LogP contribution in [0.5, 0.6) is 0 Å². The van der Waals surface area contributed by atoms with Crippen molar-refractivity contribution in [2.75, 3.05) is 11.5 Å². The number of halogens is 2. The van der Waals surface area contributed by atoms with E-state index >= 15 is 0 Å². The van der Waals surface area contributed by atoms with Crippen molar-refractivity contribution in [3.05, 3.63) is 33.8 Å². The number of rotatable bonds is 4.